The van der Waals surface area contributed by atoms with Gasteiger partial charge < -0.3 is 20.7 Å². The maximum absolute atomic E-state index is 9.45. The molecule has 1 fully saturated rings. The van der Waals surface area contributed by atoms with Crippen LogP contribution < -0.4 is 21.2 Å². The van der Waals surface area contributed by atoms with Crippen molar-refractivity contribution in [1.82, 2.24) is 9.71 Å². The van der Waals surface area contributed by atoms with E-state index in [0.717, 1.165) is 36.9 Å². The number of nitrogens with one attached hydrogen (secondary N) is 1. The second-order valence-electron chi connectivity index (χ2n) is 5.13. The van der Waals surface area contributed by atoms with Crippen LogP contribution in [0, 0.1) is 5.41 Å². The molecule has 4 N–H and O–H groups in total. The minimum atomic E-state index is -0.271. The summed E-state index contributed by atoms with van der Waals surface area (Å²) in [4.78, 5) is 8.36. The third kappa shape index (κ3) is 2.80. The SMILES string of the molecule is N=c1nc(N2CCN(c3cccc(Cl)c3)CC2)cc(N)n1O. The lowest BCUT2D eigenvalue weighted by molar-refractivity contribution is 0.171. The maximum atomic E-state index is 9.45. The predicted molar refractivity (Wildman–Crippen MR) is 85.6 cm³/mol. The van der Waals surface area contributed by atoms with Crippen molar-refractivity contribution in [3.63, 3.8) is 0 Å². The standard InChI is InChI=1S/C14H17ClN6O/c15-10-2-1-3-11(8-10)19-4-6-20(7-5-19)13-9-12(16)21(22)14(17)18-13/h1-3,8-9,17,22H,4-7,16H2. The molecule has 0 spiro atoms. The zero-order valence-electron chi connectivity index (χ0n) is 11.9. The Hall–Kier alpha value is -2.41. The molecule has 1 saturated heterocycles. The number of nitrogens with two attached hydrogens (primary N) is 1. The molecule has 116 valence electrons. The molecule has 2 aromatic rings. The second-order valence-corrected chi connectivity index (χ2v) is 5.57. The largest absolute Gasteiger partial charge is 0.423 e. The van der Waals surface area contributed by atoms with Gasteiger partial charge in [-0.05, 0) is 18.2 Å². The number of nitrogens with zero attached hydrogens (tertiary/aromatic N) is 4. The van der Waals surface area contributed by atoms with Gasteiger partial charge in [-0.3, -0.25) is 5.41 Å². The molecular formula is C14H17ClN6O. The number of nitrogen functional groups attached to an aromatic ring is 1. The molecule has 22 heavy (non-hydrogen) atoms. The molecule has 3 rings (SSSR count). The summed E-state index contributed by atoms with van der Waals surface area (Å²) in [6.07, 6.45) is 0. The molecule has 0 bridgehead atoms. The highest BCUT2D eigenvalue weighted by atomic mass is 35.5. The van der Waals surface area contributed by atoms with E-state index >= 15 is 0 Å². The highest BCUT2D eigenvalue weighted by Crippen LogP contribution is 2.22. The molecule has 1 aliphatic rings. The highest BCUT2D eigenvalue weighted by molar-refractivity contribution is 6.30. The fourth-order valence-electron chi connectivity index (χ4n) is 2.53. The molecule has 0 unspecified atom stereocenters. The Labute approximate surface area is 132 Å². The monoisotopic (exact) mass is 320 g/mol. The van der Waals surface area contributed by atoms with Crippen LogP contribution in [0.25, 0.3) is 0 Å². The first-order chi connectivity index (χ1) is 10.5. The normalized spacial score (nSPS) is 15.1. The number of hydrogen-bond acceptors (Lipinski definition) is 6. The molecule has 0 amide bonds. The smallest absolute Gasteiger partial charge is 0.259 e. The summed E-state index contributed by atoms with van der Waals surface area (Å²) in [6.45, 7) is 3.16. The van der Waals surface area contributed by atoms with Crippen molar-refractivity contribution in [2.75, 3.05) is 41.7 Å². The molecule has 0 radical (unpaired) electrons. The van der Waals surface area contributed by atoms with Crippen LogP contribution in [0.1, 0.15) is 0 Å². The Bertz CT molecular complexity index is 738. The number of halogens is 1. The van der Waals surface area contributed by atoms with E-state index in [1.165, 1.54) is 0 Å². The fourth-order valence-corrected chi connectivity index (χ4v) is 2.72. The van der Waals surface area contributed by atoms with E-state index in [1.54, 1.807) is 6.07 Å². The average Bonchev–Trinajstić information content (AvgIpc) is 2.52. The van der Waals surface area contributed by atoms with Crippen molar-refractivity contribution >= 4 is 28.9 Å². The molecule has 8 heteroatoms. The van der Waals surface area contributed by atoms with Crippen molar-refractivity contribution < 1.29 is 5.21 Å². The Morgan fingerprint density at radius 3 is 2.45 bits per heavy atom. The van der Waals surface area contributed by atoms with Crippen molar-refractivity contribution in [1.29, 1.82) is 5.41 Å². The van der Waals surface area contributed by atoms with Crippen molar-refractivity contribution in [3.8, 4) is 0 Å². The van der Waals surface area contributed by atoms with E-state index in [9.17, 15) is 5.21 Å². The first-order valence-corrected chi connectivity index (χ1v) is 7.31. The fraction of sp³-hybridized carbons (Fsp3) is 0.286. The van der Waals surface area contributed by atoms with Gasteiger partial charge in [-0.25, -0.2) is 0 Å². The summed E-state index contributed by atoms with van der Waals surface area (Å²) >= 11 is 6.03. The van der Waals surface area contributed by atoms with Gasteiger partial charge in [0.2, 0.25) is 0 Å². The summed E-state index contributed by atoms with van der Waals surface area (Å²) in [5, 5.41) is 17.8. The molecule has 0 atom stereocenters. The van der Waals surface area contributed by atoms with E-state index in [0.29, 0.717) is 10.5 Å². The van der Waals surface area contributed by atoms with Gasteiger partial charge in [0.1, 0.15) is 11.6 Å². The summed E-state index contributed by atoms with van der Waals surface area (Å²) in [7, 11) is 0. The Morgan fingerprint density at radius 2 is 1.82 bits per heavy atom. The van der Waals surface area contributed by atoms with Crippen LogP contribution in [0.4, 0.5) is 17.3 Å². The molecular weight excluding hydrogens is 304 g/mol. The van der Waals surface area contributed by atoms with Gasteiger partial charge in [0.25, 0.3) is 5.62 Å². The van der Waals surface area contributed by atoms with Crippen LogP contribution >= 0.6 is 11.6 Å². The van der Waals surface area contributed by atoms with E-state index in [-0.39, 0.29) is 11.4 Å². The van der Waals surface area contributed by atoms with Crippen molar-refractivity contribution in [2.24, 2.45) is 0 Å². The van der Waals surface area contributed by atoms with Gasteiger partial charge in [-0.2, -0.15) is 4.98 Å². The number of aromatic nitrogens is 2. The van der Waals surface area contributed by atoms with Crippen LogP contribution in [0.15, 0.2) is 30.3 Å². The van der Waals surface area contributed by atoms with Crippen molar-refractivity contribution in [3.05, 3.63) is 41.0 Å². The van der Waals surface area contributed by atoms with Crippen LogP contribution in [-0.4, -0.2) is 41.1 Å². The first kappa shape index (κ1) is 14.5. The summed E-state index contributed by atoms with van der Waals surface area (Å²) in [5.41, 5.74) is 6.49. The van der Waals surface area contributed by atoms with Gasteiger partial charge in [0.05, 0.1) is 0 Å². The predicted octanol–water partition coefficient (Wildman–Crippen LogP) is 1.16. The van der Waals surface area contributed by atoms with Gasteiger partial charge in [0, 0.05) is 43.0 Å². The molecule has 2 heterocycles. The highest BCUT2D eigenvalue weighted by Gasteiger charge is 2.19. The molecule has 0 saturated carbocycles. The maximum Gasteiger partial charge on any atom is 0.259 e. The minimum absolute atomic E-state index is 0.104. The average molecular weight is 321 g/mol. The zero-order chi connectivity index (χ0) is 15.7. The quantitative estimate of drug-likeness (QED) is 0.722. The number of anilines is 3. The van der Waals surface area contributed by atoms with E-state index < -0.39 is 0 Å². The third-order valence-corrected chi connectivity index (χ3v) is 3.95. The lowest BCUT2D eigenvalue weighted by atomic mass is 10.2. The number of rotatable bonds is 2. The third-order valence-electron chi connectivity index (χ3n) is 3.72. The zero-order valence-corrected chi connectivity index (χ0v) is 12.7. The number of benzene rings is 1. The Kier molecular flexibility index (Phi) is 3.81. The van der Waals surface area contributed by atoms with Gasteiger partial charge in [0.15, 0.2) is 0 Å². The summed E-state index contributed by atoms with van der Waals surface area (Å²) in [6, 6.07) is 9.37. The topological polar surface area (TPSA) is 94.4 Å². The molecule has 1 aliphatic heterocycles. The molecule has 7 nitrogen and oxygen atoms in total. The van der Waals surface area contributed by atoms with Crippen LogP contribution in [-0.2, 0) is 0 Å². The van der Waals surface area contributed by atoms with E-state index in [4.69, 9.17) is 22.7 Å². The Morgan fingerprint density at radius 1 is 1.14 bits per heavy atom. The molecule has 0 aliphatic carbocycles. The second kappa shape index (κ2) is 5.76. The lowest BCUT2D eigenvalue weighted by Gasteiger charge is -2.36. The van der Waals surface area contributed by atoms with Crippen molar-refractivity contribution in [2.45, 2.75) is 0 Å². The molecule has 1 aromatic heterocycles. The number of piperazine rings is 1. The van der Waals surface area contributed by atoms with Gasteiger partial charge in [-0.15, -0.1) is 4.73 Å². The van der Waals surface area contributed by atoms with E-state index in [2.05, 4.69) is 14.8 Å². The number of hydrogen-bond donors (Lipinski definition) is 3. The van der Waals surface area contributed by atoms with Crippen LogP contribution in [0.3, 0.4) is 0 Å². The van der Waals surface area contributed by atoms with Gasteiger partial charge >= 0.3 is 0 Å². The minimum Gasteiger partial charge on any atom is -0.423 e. The molecule has 1 aromatic carbocycles. The lowest BCUT2D eigenvalue weighted by Crippen LogP contribution is -2.47. The van der Waals surface area contributed by atoms with E-state index in [1.807, 2.05) is 24.3 Å². The van der Waals surface area contributed by atoms with Gasteiger partial charge in [-0.1, -0.05) is 17.7 Å². The van der Waals surface area contributed by atoms with Crippen LogP contribution in [0.5, 0.6) is 0 Å². The summed E-state index contributed by atoms with van der Waals surface area (Å²) in [5.74, 6) is 0.714. The first-order valence-electron chi connectivity index (χ1n) is 6.93. The summed E-state index contributed by atoms with van der Waals surface area (Å²) < 4.78 is 0.561. The Balaban J connectivity index is 1.73. The van der Waals surface area contributed by atoms with Crippen LogP contribution in [0.2, 0.25) is 5.02 Å².